The zero-order valence-electron chi connectivity index (χ0n) is 1.71. The average molecular weight is 282 g/mol. The summed E-state index contributed by atoms with van der Waals surface area (Å²) in [6, 6.07) is 0. The molecular formula is H2S3W. The fraction of sp³-hybridized carbons (Fsp3) is 0. The second-order valence-corrected chi connectivity index (χ2v) is 0. The zero-order valence-corrected chi connectivity index (χ0v) is 7.25. The molecule has 0 aliphatic carbocycles. The Morgan fingerprint density at radius 2 is 1.25 bits per heavy atom. The van der Waals surface area contributed by atoms with Crippen molar-refractivity contribution >= 4 is 33.1 Å². The molecule has 0 aromatic carbocycles. The molecule has 0 saturated heterocycles. The number of hydrogen-bond acceptors (Lipinski definition) is 3. The van der Waals surface area contributed by atoms with Gasteiger partial charge < -0.3 is 0 Å². The molecule has 0 amide bonds. The van der Waals surface area contributed by atoms with Crippen LogP contribution in [0, 0.1) is 0 Å². The summed E-state index contributed by atoms with van der Waals surface area (Å²) in [5.41, 5.74) is 0. The van der Waals surface area contributed by atoms with Crippen molar-refractivity contribution in [1.82, 2.24) is 0 Å². The van der Waals surface area contributed by atoms with Crippen molar-refractivity contribution in [2.75, 3.05) is 0 Å². The molecule has 0 aromatic heterocycles. The van der Waals surface area contributed by atoms with Crippen LogP contribution in [0.25, 0.3) is 0 Å². The summed E-state index contributed by atoms with van der Waals surface area (Å²) < 4.78 is 0. The summed E-state index contributed by atoms with van der Waals surface area (Å²) >= 11 is 7.61. The van der Waals surface area contributed by atoms with Crippen LogP contribution in [0.2, 0.25) is 0 Å². The van der Waals surface area contributed by atoms with Gasteiger partial charge in [-0.2, -0.15) is 0 Å². The van der Waals surface area contributed by atoms with Gasteiger partial charge in [0.2, 0.25) is 0 Å². The van der Waals surface area contributed by atoms with Gasteiger partial charge in [0.1, 0.15) is 0 Å². The molecule has 0 radical (unpaired) electrons. The van der Waals surface area contributed by atoms with Crippen molar-refractivity contribution in [3.8, 4) is 0 Å². The normalized spacial score (nSPS) is 2.50. The Kier molecular flexibility index (Phi) is 53.0. The molecule has 0 atom stereocenters. The third-order valence-corrected chi connectivity index (χ3v) is 0. The van der Waals surface area contributed by atoms with Crippen LogP contribution in [0.1, 0.15) is 0 Å². The topological polar surface area (TPSA) is 0 Å². The Hall–Kier alpha value is 1.61. The van der Waals surface area contributed by atoms with Crippen molar-refractivity contribution in [2.45, 2.75) is 0 Å². The molecule has 0 fully saturated rings. The van der Waals surface area contributed by atoms with Crippen molar-refractivity contribution in [2.24, 2.45) is 0 Å². The van der Waals surface area contributed by atoms with Gasteiger partial charge in [-0.15, -0.1) is 23.3 Å². The van der Waals surface area contributed by atoms with Crippen LogP contribution >= 0.6 is 33.1 Å². The molecule has 4 heteroatoms. The molecule has 0 aliphatic rings. The molecule has 0 aromatic rings. The second-order valence-electron chi connectivity index (χ2n) is 0. The van der Waals surface area contributed by atoms with E-state index in [9.17, 15) is 0 Å². The molecule has 0 rings (SSSR count). The molecule has 4 heavy (non-hydrogen) atoms. The van der Waals surface area contributed by atoms with E-state index in [0.717, 1.165) is 0 Å². The first-order valence-corrected chi connectivity index (χ1v) is 5.89. The molecule has 0 spiro atoms. The predicted molar refractivity (Wildman–Crippen MR) is 25.6 cm³/mol. The Morgan fingerprint density at radius 1 is 1.25 bits per heavy atom. The fourth-order valence-corrected chi connectivity index (χ4v) is 0. The maximum absolute atomic E-state index is 4.17. The molecule has 0 aliphatic heterocycles. The Labute approximate surface area is 50.9 Å². The molecule has 0 heterocycles. The predicted octanol–water partition coefficient (Wildman–Crippen LogP) is 1.41. The first-order chi connectivity index (χ1) is 2.00. The van der Waals surface area contributed by atoms with E-state index in [0.29, 0.717) is 0 Å². The Bertz CT molecular complexity index is 3.25. The molecule has 0 nitrogen and oxygen atoms in total. The third-order valence-electron chi connectivity index (χ3n) is 0. The first kappa shape index (κ1) is 9.15. The monoisotopic (exact) mass is 282 g/mol. The van der Waals surface area contributed by atoms with Crippen LogP contribution in [0.15, 0.2) is 0 Å². The van der Waals surface area contributed by atoms with Crippen LogP contribution < -0.4 is 0 Å². The van der Waals surface area contributed by atoms with E-state index in [4.69, 9.17) is 0 Å². The molecule has 0 saturated carbocycles. The van der Waals surface area contributed by atoms with Crippen LogP contribution in [-0.2, 0) is 18.0 Å². The van der Waals surface area contributed by atoms with Crippen LogP contribution in [0.4, 0.5) is 0 Å². The van der Waals surface area contributed by atoms with Gasteiger partial charge in [0.25, 0.3) is 0 Å². The van der Waals surface area contributed by atoms with E-state index in [1.165, 1.54) is 18.0 Å². The van der Waals surface area contributed by atoms with Crippen molar-refractivity contribution in [3.63, 3.8) is 0 Å². The minimum atomic E-state index is 1.17. The van der Waals surface area contributed by atoms with Crippen LogP contribution in [0.5, 0.6) is 0 Å². The number of rotatable bonds is 0. The second kappa shape index (κ2) is 23.2. The molecule has 0 N–H and O–H groups in total. The summed E-state index contributed by atoms with van der Waals surface area (Å²) in [6.45, 7) is 0. The summed E-state index contributed by atoms with van der Waals surface area (Å²) in [7, 11) is 4.17. The summed E-state index contributed by atoms with van der Waals surface area (Å²) in [4.78, 5) is 0. The van der Waals surface area contributed by atoms with E-state index in [-0.39, 0.29) is 0 Å². The summed E-state index contributed by atoms with van der Waals surface area (Å²) in [5, 5.41) is 0. The van der Waals surface area contributed by atoms with Crippen LogP contribution in [-0.4, -0.2) is 0 Å². The molecular weight excluding hydrogens is 280 g/mol. The first-order valence-electron chi connectivity index (χ1n) is 0.367. The van der Waals surface area contributed by atoms with Gasteiger partial charge in [0.15, 0.2) is 0 Å². The summed E-state index contributed by atoms with van der Waals surface area (Å²) in [6.07, 6.45) is 0. The fourth-order valence-electron chi connectivity index (χ4n) is 0. The Balaban J connectivity index is 0. The van der Waals surface area contributed by atoms with E-state index in [1.807, 2.05) is 0 Å². The minimum absolute atomic E-state index is 1.17. The third kappa shape index (κ3) is 9.49. The SMILES string of the molecule is SS.[S]=[W]. The molecule has 0 unspecified atom stereocenters. The molecule has 0 bridgehead atoms. The van der Waals surface area contributed by atoms with Gasteiger partial charge in [-0.3, -0.25) is 0 Å². The molecule has 26 valence electrons. The Morgan fingerprint density at radius 3 is 1.25 bits per heavy atom. The maximum atomic E-state index is 4.17. The quantitative estimate of drug-likeness (QED) is 0.500. The number of hydrogen-bond donors (Lipinski definition) is 2. The number of thiol groups is 2. The van der Waals surface area contributed by atoms with Crippen molar-refractivity contribution in [1.29, 1.82) is 0 Å². The standard InChI is InChI=1S/H2S2.S.W/c1-2;;/h1-2H;;. The van der Waals surface area contributed by atoms with Crippen molar-refractivity contribution in [3.05, 3.63) is 0 Å². The van der Waals surface area contributed by atoms with Gasteiger partial charge in [-0.25, -0.2) is 0 Å². The van der Waals surface area contributed by atoms with E-state index in [1.54, 1.807) is 0 Å². The van der Waals surface area contributed by atoms with Gasteiger partial charge >= 0.3 is 27.8 Å². The zero-order chi connectivity index (χ0) is 4.00. The van der Waals surface area contributed by atoms with Crippen LogP contribution in [0.3, 0.4) is 0 Å². The average Bonchev–Trinajstić information content (AvgIpc) is 1.50. The van der Waals surface area contributed by atoms with Gasteiger partial charge in [-0.05, 0) is 0 Å². The van der Waals surface area contributed by atoms with E-state index < -0.39 is 0 Å². The summed E-state index contributed by atoms with van der Waals surface area (Å²) in [5.74, 6) is 0. The van der Waals surface area contributed by atoms with E-state index >= 15 is 0 Å². The van der Waals surface area contributed by atoms with Gasteiger partial charge in [0.05, 0.1) is 0 Å². The van der Waals surface area contributed by atoms with Gasteiger partial charge in [-0.1, -0.05) is 0 Å². The van der Waals surface area contributed by atoms with E-state index in [2.05, 4.69) is 33.1 Å². The van der Waals surface area contributed by atoms with Gasteiger partial charge in [0, 0.05) is 0 Å². The van der Waals surface area contributed by atoms with Crippen molar-refractivity contribution < 1.29 is 18.0 Å².